The minimum absolute atomic E-state index is 0.520. The summed E-state index contributed by atoms with van der Waals surface area (Å²) in [4.78, 5) is 0. The number of nitrogens with one attached hydrogen (secondary N) is 1. The Kier molecular flexibility index (Phi) is 3.41. The summed E-state index contributed by atoms with van der Waals surface area (Å²) >= 11 is 0. The molecule has 0 aromatic carbocycles. The predicted molar refractivity (Wildman–Crippen MR) is 61.7 cm³/mol. The van der Waals surface area contributed by atoms with E-state index in [1.165, 1.54) is 25.0 Å². The lowest BCUT2D eigenvalue weighted by Crippen LogP contribution is -2.33. The lowest BCUT2D eigenvalue weighted by atomic mass is 9.78. The maximum absolute atomic E-state index is 4.36. The normalized spacial score (nSPS) is 18.8. The first-order chi connectivity index (χ1) is 7.36. The maximum Gasteiger partial charge on any atom is 0.0556 e. The molecule has 1 saturated carbocycles. The third-order valence-corrected chi connectivity index (χ3v) is 3.41. The monoisotopic (exact) mass is 207 g/mol. The van der Waals surface area contributed by atoms with Gasteiger partial charge in [-0.25, -0.2) is 0 Å². The Morgan fingerprint density at radius 2 is 2.33 bits per heavy atom. The number of rotatable bonds is 5. The molecule has 0 spiro atoms. The van der Waals surface area contributed by atoms with Crippen LogP contribution in [0.1, 0.15) is 44.8 Å². The molecule has 15 heavy (non-hydrogen) atoms. The summed E-state index contributed by atoms with van der Waals surface area (Å²) in [6.45, 7) is 6.34. The van der Waals surface area contributed by atoms with Crippen LogP contribution in [0.25, 0.3) is 0 Å². The Morgan fingerprint density at radius 1 is 1.53 bits per heavy atom. The summed E-state index contributed by atoms with van der Waals surface area (Å²) in [6, 6.07) is 2.68. The van der Waals surface area contributed by atoms with Gasteiger partial charge in [0, 0.05) is 12.7 Å². The molecule has 1 N–H and O–H groups in total. The zero-order valence-electron chi connectivity index (χ0n) is 9.74. The molecule has 0 radical (unpaired) electrons. The summed E-state index contributed by atoms with van der Waals surface area (Å²) < 4.78 is 2.12. The SMILES string of the molecule is CCNC(c1ccnn1CC)C1CCC1. The van der Waals surface area contributed by atoms with E-state index in [9.17, 15) is 0 Å². The Morgan fingerprint density at radius 3 is 2.87 bits per heavy atom. The second-order valence-electron chi connectivity index (χ2n) is 4.30. The fourth-order valence-corrected chi connectivity index (χ4v) is 2.38. The number of hydrogen-bond donors (Lipinski definition) is 1. The molecule has 1 fully saturated rings. The summed E-state index contributed by atoms with van der Waals surface area (Å²) in [5, 5.41) is 7.96. The summed E-state index contributed by atoms with van der Waals surface area (Å²) in [5.41, 5.74) is 1.36. The van der Waals surface area contributed by atoms with E-state index in [2.05, 4.69) is 35.0 Å². The molecule has 1 atom stereocenters. The Bertz CT molecular complexity index is 302. The predicted octanol–water partition coefficient (Wildman–Crippen LogP) is 2.35. The van der Waals surface area contributed by atoms with Crippen molar-refractivity contribution < 1.29 is 0 Å². The van der Waals surface area contributed by atoms with Crippen LogP contribution in [0.2, 0.25) is 0 Å². The molecule has 1 aliphatic rings. The molecular weight excluding hydrogens is 186 g/mol. The number of hydrogen-bond acceptors (Lipinski definition) is 2. The van der Waals surface area contributed by atoms with Crippen molar-refractivity contribution in [2.45, 2.75) is 45.7 Å². The van der Waals surface area contributed by atoms with Gasteiger partial charge in [-0.3, -0.25) is 4.68 Å². The van der Waals surface area contributed by atoms with Crippen LogP contribution in [-0.2, 0) is 6.54 Å². The van der Waals surface area contributed by atoms with E-state index in [1.807, 2.05) is 6.20 Å². The van der Waals surface area contributed by atoms with Gasteiger partial charge in [-0.1, -0.05) is 13.3 Å². The molecule has 0 amide bonds. The molecule has 84 valence electrons. The summed E-state index contributed by atoms with van der Waals surface area (Å²) in [7, 11) is 0. The first-order valence-electron chi connectivity index (χ1n) is 6.11. The van der Waals surface area contributed by atoms with Crippen molar-refractivity contribution in [2.24, 2.45) is 5.92 Å². The second-order valence-corrected chi connectivity index (χ2v) is 4.30. The highest BCUT2D eigenvalue weighted by molar-refractivity contribution is 5.09. The fourth-order valence-electron chi connectivity index (χ4n) is 2.38. The van der Waals surface area contributed by atoms with Crippen LogP contribution in [0.5, 0.6) is 0 Å². The van der Waals surface area contributed by atoms with Gasteiger partial charge in [0.2, 0.25) is 0 Å². The van der Waals surface area contributed by atoms with Crippen molar-refractivity contribution in [1.29, 1.82) is 0 Å². The van der Waals surface area contributed by atoms with Crippen molar-refractivity contribution >= 4 is 0 Å². The van der Waals surface area contributed by atoms with Crippen LogP contribution in [0.15, 0.2) is 12.3 Å². The van der Waals surface area contributed by atoms with Crippen molar-refractivity contribution in [3.8, 4) is 0 Å². The van der Waals surface area contributed by atoms with Gasteiger partial charge in [0.25, 0.3) is 0 Å². The van der Waals surface area contributed by atoms with E-state index in [0.29, 0.717) is 6.04 Å². The molecule has 2 rings (SSSR count). The van der Waals surface area contributed by atoms with E-state index in [4.69, 9.17) is 0 Å². The van der Waals surface area contributed by atoms with E-state index in [1.54, 1.807) is 0 Å². The Labute approximate surface area is 91.9 Å². The van der Waals surface area contributed by atoms with Gasteiger partial charge in [-0.15, -0.1) is 0 Å². The molecule has 1 aromatic heterocycles. The van der Waals surface area contributed by atoms with Crippen LogP contribution in [0.3, 0.4) is 0 Å². The average molecular weight is 207 g/mol. The van der Waals surface area contributed by atoms with Crippen molar-refractivity contribution in [2.75, 3.05) is 6.54 Å². The van der Waals surface area contributed by atoms with Gasteiger partial charge in [0.15, 0.2) is 0 Å². The van der Waals surface area contributed by atoms with Gasteiger partial charge in [-0.2, -0.15) is 5.10 Å². The first kappa shape index (κ1) is 10.7. The third-order valence-electron chi connectivity index (χ3n) is 3.41. The highest BCUT2D eigenvalue weighted by atomic mass is 15.3. The van der Waals surface area contributed by atoms with Crippen molar-refractivity contribution in [1.82, 2.24) is 15.1 Å². The smallest absolute Gasteiger partial charge is 0.0556 e. The van der Waals surface area contributed by atoms with Crippen LogP contribution < -0.4 is 5.32 Å². The van der Waals surface area contributed by atoms with Crippen molar-refractivity contribution in [3.63, 3.8) is 0 Å². The molecule has 0 aliphatic heterocycles. The van der Waals surface area contributed by atoms with E-state index in [-0.39, 0.29) is 0 Å². The zero-order valence-corrected chi connectivity index (χ0v) is 9.74. The maximum atomic E-state index is 4.36. The summed E-state index contributed by atoms with van der Waals surface area (Å²) in [5.74, 6) is 0.826. The molecule has 1 heterocycles. The highest BCUT2D eigenvalue weighted by Crippen LogP contribution is 2.37. The van der Waals surface area contributed by atoms with Crippen LogP contribution in [0, 0.1) is 5.92 Å². The fraction of sp³-hybridized carbons (Fsp3) is 0.750. The molecule has 1 aliphatic carbocycles. The average Bonchev–Trinajstić information content (AvgIpc) is 2.61. The highest BCUT2D eigenvalue weighted by Gasteiger charge is 2.29. The Hall–Kier alpha value is -0.830. The molecule has 0 bridgehead atoms. The molecular formula is C12H21N3. The lowest BCUT2D eigenvalue weighted by molar-refractivity contribution is 0.224. The van der Waals surface area contributed by atoms with E-state index in [0.717, 1.165) is 19.0 Å². The van der Waals surface area contributed by atoms with Gasteiger partial charge in [0.1, 0.15) is 0 Å². The van der Waals surface area contributed by atoms with Crippen LogP contribution >= 0.6 is 0 Å². The number of aryl methyl sites for hydroxylation is 1. The second kappa shape index (κ2) is 4.79. The third kappa shape index (κ3) is 2.07. The minimum Gasteiger partial charge on any atom is -0.309 e. The quantitative estimate of drug-likeness (QED) is 0.803. The molecule has 1 unspecified atom stereocenters. The van der Waals surface area contributed by atoms with Gasteiger partial charge < -0.3 is 5.32 Å². The number of aromatic nitrogens is 2. The first-order valence-corrected chi connectivity index (χ1v) is 6.11. The van der Waals surface area contributed by atoms with E-state index >= 15 is 0 Å². The number of nitrogens with zero attached hydrogens (tertiary/aromatic N) is 2. The van der Waals surface area contributed by atoms with Gasteiger partial charge >= 0.3 is 0 Å². The summed E-state index contributed by atoms with van der Waals surface area (Å²) in [6.07, 6.45) is 6.05. The molecule has 0 saturated heterocycles. The molecule has 3 nitrogen and oxygen atoms in total. The topological polar surface area (TPSA) is 29.9 Å². The zero-order chi connectivity index (χ0) is 10.7. The van der Waals surface area contributed by atoms with Crippen LogP contribution in [0.4, 0.5) is 0 Å². The minimum atomic E-state index is 0.520. The van der Waals surface area contributed by atoms with Crippen molar-refractivity contribution in [3.05, 3.63) is 18.0 Å². The van der Waals surface area contributed by atoms with E-state index < -0.39 is 0 Å². The Balaban J connectivity index is 2.15. The molecule has 3 heteroatoms. The largest absolute Gasteiger partial charge is 0.309 e. The van der Waals surface area contributed by atoms with Gasteiger partial charge in [0.05, 0.1) is 11.7 Å². The standard InChI is InChI=1S/C12H21N3/c1-3-13-12(10-6-5-7-10)11-8-9-14-15(11)4-2/h8-10,12-13H,3-7H2,1-2H3. The van der Waals surface area contributed by atoms with Crippen LogP contribution in [-0.4, -0.2) is 16.3 Å². The molecule has 1 aromatic rings. The van der Waals surface area contributed by atoms with Gasteiger partial charge in [-0.05, 0) is 38.3 Å². The lowest BCUT2D eigenvalue weighted by Gasteiger charge is -2.34.